The molecule has 0 aromatic heterocycles. The van der Waals surface area contributed by atoms with Crippen LogP contribution in [0.4, 0.5) is 4.79 Å². The van der Waals surface area contributed by atoms with E-state index in [0.29, 0.717) is 25.7 Å². The average molecular weight is 451 g/mol. The molecule has 2 amide bonds. The Morgan fingerprint density at radius 2 is 1.67 bits per heavy atom. The molecule has 0 radical (unpaired) electrons. The first-order chi connectivity index (χ1) is 15.9. The van der Waals surface area contributed by atoms with Gasteiger partial charge in [0.2, 0.25) is 5.91 Å². The lowest BCUT2D eigenvalue weighted by Gasteiger charge is -2.38. The van der Waals surface area contributed by atoms with E-state index in [2.05, 4.69) is 34.9 Å². The van der Waals surface area contributed by atoms with Crippen LogP contribution in [0.2, 0.25) is 0 Å². The highest BCUT2D eigenvalue weighted by atomic mass is 16.5. The summed E-state index contributed by atoms with van der Waals surface area (Å²) in [6.45, 7) is 2.12. The van der Waals surface area contributed by atoms with Crippen molar-refractivity contribution in [3.63, 3.8) is 0 Å². The molecule has 7 heteroatoms. The summed E-state index contributed by atoms with van der Waals surface area (Å²) < 4.78 is 5.56. The van der Waals surface area contributed by atoms with Crippen molar-refractivity contribution in [2.24, 2.45) is 0 Å². The minimum Gasteiger partial charge on any atom is -0.480 e. The number of nitrogens with one attached hydrogen (secondary N) is 2. The second kappa shape index (κ2) is 9.65. The van der Waals surface area contributed by atoms with Gasteiger partial charge in [-0.05, 0) is 61.3 Å². The second-order valence-corrected chi connectivity index (χ2v) is 9.05. The number of amides is 2. The van der Waals surface area contributed by atoms with E-state index in [1.165, 1.54) is 11.1 Å². The molecule has 0 saturated heterocycles. The van der Waals surface area contributed by atoms with Crippen molar-refractivity contribution >= 4 is 18.0 Å². The molecule has 1 fully saturated rings. The molecule has 2 aromatic carbocycles. The number of carbonyl (C=O) groups excluding carboxylic acids is 2. The van der Waals surface area contributed by atoms with Crippen LogP contribution in [0.5, 0.6) is 0 Å². The number of fused-ring (bicyclic) bond motifs is 3. The fraction of sp³-hybridized carbons (Fsp3) is 0.423. The van der Waals surface area contributed by atoms with Crippen LogP contribution in [-0.4, -0.2) is 41.3 Å². The van der Waals surface area contributed by atoms with Crippen LogP contribution in [-0.2, 0) is 14.3 Å². The third-order valence-corrected chi connectivity index (χ3v) is 6.74. The van der Waals surface area contributed by atoms with Crippen LogP contribution in [0.25, 0.3) is 11.1 Å². The Hall–Kier alpha value is -3.35. The third kappa shape index (κ3) is 4.87. The van der Waals surface area contributed by atoms with E-state index in [1.807, 2.05) is 31.2 Å². The Bertz CT molecular complexity index is 1000. The Morgan fingerprint density at radius 1 is 1.06 bits per heavy atom. The van der Waals surface area contributed by atoms with Crippen molar-refractivity contribution in [3.05, 3.63) is 59.7 Å². The lowest BCUT2D eigenvalue weighted by atomic mass is 9.76. The highest BCUT2D eigenvalue weighted by Gasteiger charge is 2.45. The SMILES string of the molecule is CC(CCCC(=O)NC1(C(=O)O)CCC1)NC(=O)OCC1c2ccccc2-c2ccccc21. The summed E-state index contributed by atoms with van der Waals surface area (Å²) in [4.78, 5) is 35.8. The van der Waals surface area contributed by atoms with Crippen LogP contribution in [0.1, 0.15) is 62.5 Å². The molecule has 7 nitrogen and oxygen atoms in total. The van der Waals surface area contributed by atoms with Gasteiger partial charge in [-0.15, -0.1) is 0 Å². The first-order valence-corrected chi connectivity index (χ1v) is 11.6. The summed E-state index contributed by atoms with van der Waals surface area (Å²) in [7, 11) is 0. The lowest BCUT2D eigenvalue weighted by molar-refractivity contribution is -0.151. The quantitative estimate of drug-likeness (QED) is 0.531. The van der Waals surface area contributed by atoms with Gasteiger partial charge in [-0.3, -0.25) is 4.79 Å². The summed E-state index contributed by atoms with van der Waals surface area (Å²) in [5.41, 5.74) is 3.61. The van der Waals surface area contributed by atoms with E-state index < -0.39 is 17.6 Å². The molecule has 2 aliphatic rings. The van der Waals surface area contributed by atoms with E-state index in [4.69, 9.17) is 4.74 Å². The van der Waals surface area contributed by atoms with Gasteiger partial charge in [-0.25, -0.2) is 9.59 Å². The number of carboxylic acid groups (broad SMARTS) is 1. The number of hydrogen-bond donors (Lipinski definition) is 3. The summed E-state index contributed by atoms with van der Waals surface area (Å²) in [6.07, 6.45) is 2.67. The summed E-state index contributed by atoms with van der Waals surface area (Å²) in [5, 5.41) is 14.8. The minimum absolute atomic E-state index is 0.00946. The molecule has 4 rings (SSSR count). The summed E-state index contributed by atoms with van der Waals surface area (Å²) in [5.74, 6) is -1.21. The van der Waals surface area contributed by atoms with Gasteiger partial charge in [0.25, 0.3) is 0 Å². The third-order valence-electron chi connectivity index (χ3n) is 6.74. The highest BCUT2D eigenvalue weighted by Crippen LogP contribution is 2.44. The maximum absolute atomic E-state index is 12.4. The molecular formula is C26H30N2O5. The Labute approximate surface area is 193 Å². The van der Waals surface area contributed by atoms with Gasteiger partial charge < -0.3 is 20.5 Å². The number of hydrogen-bond acceptors (Lipinski definition) is 4. The van der Waals surface area contributed by atoms with Gasteiger partial charge in [-0.2, -0.15) is 0 Å². The Kier molecular flexibility index (Phi) is 6.67. The molecule has 0 bridgehead atoms. The number of alkyl carbamates (subject to hydrolysis) is 1. The number of benzene rings is 2. The van der Waals surface area contributed by atoms with Crippen molar-refractivity contribution in [2.75, 3.05) is 6.61 Å². The number of rotatable bonds is 9. The van der Waals surface area contributed by atoms with Crippen molar-refractivity contribution < 1.29 is 24.2 Å². The first kappa shape index (κ1) is 22.8. The molecular weight excluding hydrogens is 420 g/mol. The molecule has 0 spiro atoms. The van der Waals surface area contributed by atoms with Gasteiger partial charge in [0.15, 0.2) is 0 Å². The maximum atomic E-state index is 12.4. The van der Waals surface area contributed by atoms with Crippen molar-refractivity contribution in [3.8, 4) is 11.1 Å². The zero-order valence-corrected chi connectivity index (χ0v) is 18.8. The molecule has 3 N–H and O–H groups in total. The predicted molar refractivity (Wildman–Crippen MR) is 124 cm³/mol. The van der Waals surface area contributed by atoms with E-state index in [1.54, 1.807) is 0 Å². The number of carboxylic acids is 1. The van der Waals surface area contributed by atoms with E-state index in [9.17, 15) is 19.5 Å². The summed E-state index contributed by atoms with van der Waals surface area (Å²) >= 11 is 0. The second-order valence-electron chi connectivity index (χ2n) is 9.05. The Morgan fingerprint density at radius 3 is 2.21 bits per heavy atom. The van der Waals surface area contributed by atoms with Gasteiger partial charge in [0, 0.05) is 18.4 Å². The highest BCUT2D eigenvalue weighted by molar-refractivity contribution is 5.87. The lowest BCUT2D eigenvalue weighted by Crippen LogP contribution is -2.59. The van der Waals surface area contributed by atoms with Gasteiger partial charge in [0.1, 0.15) is 12.1 Å². The predicted octanol–water partition coefficient (Wildman–Crippen LogP) is 4.21. The van der Waals surface area contributed by atoms with Crippen LogP contribution in [0, 0.1) is 0 Å². The van der Waals surface area contributed by atoms with Crippen LogP contribution in [0.15, 0.2) is 48.5 Å². The molecule has 33 heavy (non-hydrogen) atoms. The number of carbonyl (C=O) groups is 3. The van der Waals surface area contributed by atoms with E-state index in [0.717, 1.165) is 17.5 Å². The number of ether oxygens (including phenoxy) is 1. The van der Waals surface area contributed by atoms with Gasteiger partial charge >= 0.3 is 12.1 Å². The van der Waals surface area contributed by atoms with Gasteiger partial charge in [0.05, 0.1) is 0 Å². The molecule has 2 aromatic rings. The molecule has 1 atom stereocenters. The molecule has 174 valence electrons. The zero-order chi connectivity index (χ0) is 23.4. The fourth-order valence-corrected chi connectivity index (χ4v) is 4.73. The largest absolute Gasteiger partial charge is 0.480 e. The van der Waals surface area contributed by atoms with Crippen LogP contribution >= 0.6 is 0 Å². The fourth-order valence-electron chi connectivity index (χ4n) is 4.73. The minimum atomic E-state index is -1.08. The Balaban J connectivity index is 1.21. The maximum Gasteiger partial charge on any atom is 0.407 e. The molecule has 1 saturated carbocycles. The van der Waals surface area contributed by atoms with Crippen molar-refractivity contribution in [1.29, 1.82) is 0 Å². The molecule has 0 aliphatic heterocycles. The number of aliphatic carboxylic acids is 1. The van der Waals surface area contributed by atoms with Crippen LogP contribution < -0.4 is 10.6 Å². The molecule has 2 aliphatic carbocycles. The van der Waals surface area contributed by atoms with E-state index >= 15 is 0 Å². The topological polar surface area (TPSA) is 105 Å². The monoisotopic (exact) mass is 450 g/mol. The van der Waals surface area contributed by atoms with E-state index in [-0.39, 0.29) is 30.9 Å². The normalized spacial score (nSPS) is 16.6. The zero-order valence-electron chi connectivity index (χ0n) is 18.8. The average Bonchev–Trinajstić information content (AvgIpc) is 3.08. The van der Waals surface area contributed by atoms with Crippen molar-refractivity contribution in [2.45, 2.75) is 62.9 Å². The van der Waals surface area contributed by atoms with Gasteiger partial charge in [-0.1, -0.05) is 48.5 Å². The van der Waals surface area contributed by atoms with Crippen LogP contribution in [0.3, 0.4) is 0 Å². The molecule has 0 heterocycles. The molecule has 1 unspecified atom stereocenters. The van der Waals surface area contributed by atoms with Crippen molar-refractivity contribution in [1.82, 2.24) is 10.6 Å². The first-order valence-electron chi connectivity index (χ1n) is 11.6. The summed E-state index contributed by atoms with van der Waals surface area (Å²) in [6, 6.07) is 16.2. The smallest absolute Gasteiger partial charge is 0.407 e. The standard InChI is InChI=1S/C26H30N2O5/c1-17(8-6-13-23(29)28-26(24(30)31)14-7-15-26)27-25(32)33-16-22-20-11-4-2-9-18(20)19-10-3-5-12-21(19)22/h2-5,9-12,17,22H,6-8,13-16H2,1H3,(H,27,32)(H,28,29)(H,30,31).